The van der Waals surface area contributed by atoms with Crippen LogP contribution >= 0.6 is 0 Å². The minimum absolute atomic E-state index is 0.485. The minimum Gasteiger partial charge on any atom is -0.368 e. The largest absolute Gasteiger partial charge is 0.368 e. The first-order chi connectivity index (χ1) is 5.98. The van der Waals surface area contributed by atoms with Crippen molar-refractivity contribution in [1.29, 1.82) is 0 Å². The second-order valence-electron chi connectivity index (χ2n) is 3.64. The van der Waals surface area contributed by atoms with Crippen LogP contribution in [0.5, 0.6) is 0 Å². The maximum atomic E-state index is 11.8. The lowest BCUT2D eigenvalue weighted by Crippen LogP contribution is -2.39. The molecule has 0 amide bonds. The number of rotatable bonds is 7. The van der Waals surface area contributed by atoms with Gasteiger partial charge in [-0.2, -0.15) is 0 Å². The van der Waals surface area contributed by atoms with Gasteiger partial charge < -0.3 is 10.1 Å². The fourth-order valence-electron chi connectivity index (χ4n) is 0.906. The van der Waals surface area contributed by atoms with Gasteiger partial charge in [0.15, 0.2) is 0 Å². The van der Waals surface area contributed by atoms with E-state index in [4.69, 9.17) is 4.74 Å². The highest BCUT2D eigenvalue weighted by atomic mass is 19.3. The molecule has 1 N–H and O–H groups in total. The summed E-state index contributed by atoms with van der Waals surface area (Å²) in [7, 11) is 0. The van der Waals surface area contributed by atoms with Crippen LogP contribution in [0.4, 0.5) is 8.78 Å². The van der Waals surface area contributed by atoms with E-state index in [1.54, 1.807) is 13.8 Å². The van der Waals surface area contributed by atoms with Crippen LogP contribution in [-0.2, 0) is 4.74 Å². The smallest absolute Gasteiger partial charge is 0.261 e. The van der Waals surface area contributed by atoms with E-state index in [9.17, 15) is 8.78 Å². The lowest BCUT2D eigenvalue weighted by Gasteiger charge is -2.25. The Morgan fingerprint density at radius 3 is 2.46 bits per heavy atom. The average molecular weight is 195 g/mol. The first-order valence-electron chi connectivity index (χ1n) is 4.61. The quantitative estimate of drug-likeness (QED) is 0.628. The number of ether oxygens (including phenoxy) is 1. The molecule has 0 fully saturated rings. The van der Waals surface area contributed by atoms with Crippen molar-refractivity contribution in [1.82, 2.24) is 5.32 Å². The summed E-state index contributed by atoms with van der Waals surface area (Å²) in [4.78, 5) is 0. The Labute approximate surface area is 78.7 Å². The molecule has 0 unspecified atom stereocenters. The molecule has 0 aromatic heterocycles. The molecule has 0 rings (SSSR count). The highest BCUT2D eigenvalue weighted by Gasteiger charge is 2.19. The van der Waals surface area contributed by atoms with Gasteiger partial charge in [0.1, 0.15) is 6.61 Å². The number of alkyl halides is 2. The Morgan fingerprint density at radius 2 is 2.00 bits per heavy atom. The fraction of sp³-hybridized carbons (Fsp3) is 1.00. The van der Waals surface area contributed by atoms with Gasteiger partial charge in [0.25, 0.3) is 6.43 Å². The summed E-state index contributed by atoms with van der Waals surface area (Å²) in [6.45, 7) is 6.67. The van der Waals surface area contributed by atoms with Gasteiger partial charge in [0.2, 0.25) is 0 Å². The summed E-state index contributed by atoms with van der Waals surface area (Å²) < 4.78 is 28.6. The summed E-state index contributed by atoms with van der Waals surface area (Å²) in [5.41, 5.74) is -0.508. The van der Waals surface area contributed by atoms with Gasteiger partial charge in [0, 0.05) is 6.54 Å². The van der Waals surface area contributed by atoms with Crippen LogP contribution in [-0.4, -0.2) is 31.7 Å². The van der Waals surface area contributed by atoms with Crippen molar-refractivity contribution >= 4 is 0 Å². The molecule has 0 spiro atoms. The van der Waals surface area contributed by atoms with E-state index in [1.807, 2.05) is 0 Å². The summed E-state index contributed by atoms with van der Waals surface area (Å²) in [5, 5.41) is 3.13. The fourth-order valence-corrected chi connectivity index (χ4v) is 0.906. The molecule has 0 aliphatic heterocycles. The molecule has 4 heteroatoms. The van der Waals surface area contributed by atoms with E-state index in [1.165, 1.54) is 0 Å². The van der Waals surface area contributed by atoms with Crippen LogP contribution in [0.1, 0.15) is 27.2 Å². The molecule has 80 valence electrons. The lowest BCUT2D eigenvalue weighted by atomic mass is 10.1. The summed E-state index contributed by atoms with van der Waals surface area (Å²) >= 11 is 0. The van der Waals surface area contributed by atoms with Gasteiger partial charge in [-0.1, -0.05) is 6.92 Å². The van der Waals surface area contributed by atoms with Gasteiger partial charge in [-0.3, -0.25) is 0 Å². The molecule has 0 heterocycles. The third-order valence-electron chi connectivity index (χ3n) is 1.58. The maximum Gasteiger partial charge on any atom is 0.261 e. The first-order valence-corrected chi connectivity index (χ1v) is 4.61. The van der Waals surface area contributed by atoms with Crippen LogP contribution in [0.3, 0.4) is 0 Å². The van der Waals surface area contributed by atoms with Gasteiger partial charge in [0.05, 0.1) is 5.60 Å². The standard InChI is InChI=1S/C9H19F2NO/c1-4-5-12-7-9(2,3)13-6-8(10)11/h8,12H,4-7H2,1-3H3. The SMILES string of the molecule is CCCNCC(C)(C)OCC(F)F. The van der Waals surface area contributed by atoms with Crippen molar-refractivity contribution in [3.05, 3.63) is 0 Å². The van der Waals surface area contributed by atoms with Crippen LogP contribution in [0.15, 0.2) is 0 Å². The van der Waals surface area contributed by atoms with E-state index < -0.39 is 18.6 Å². The van der Waals surface area contributed by atoms with Crippen molar-refractivity contribution in [3.63, 3.8) is 0 Å². The number of nitrogens with one attached hydrogen (secondary N) is 1. The Morgan fingerprint density at radius 1 is 1.38 bits per heavy atom. The van der Waals surface area contributed by atoms with E-state index in [0.717, 1.165) is 13.0 Å². The van der Waals surface area contributed by atoms with Crippen molar-refractivity contribution in [2.45, 2.75) is 39.2 Å². The molecule has 0 aromatic rings. The Hall–Kier alpha value is -0.220. The molecule has 0 atom stereocenters. The number of hydrogen-bond acceptors (Lipinski definition) is 2. The van der Waals surface area contributed by atoms with Gasteiger partial charge >= 0.3 is 0 Å². The number of hydrogen-bond donors (Lipinski definition) is 1. The lowest BCUT2D eigenvalue weighted by molar-refractivity contribution is -0.0683. The van der Waals surface area contributed by atoms with E-state index in [2.05, 4.69) is 12.2 Å². The van der Waals surface area contributed by atoms with Gasteiger partial charge in [-0.15, -0.1) is 0 Å². The Bertz CT molecular complexity index is 129. The maximum absolute atomic E-state index is 11.8. The molecular weight excluding hydrogens is 176 g/mol. The van der Waals surface area contributed by atoms with Gasteiger partial charge in [-0.05, 0) is 26.8 Å². The molecule has 0 bridgehead atoms. The van der Waals surface area contributed by atoms with Crippen molar-refractivity contribution in [2.75, 3.05) is 19.7 Å². The molecule has 2 nitrogen and oxygen atoms in total. The van der Waals surface area contributed by atoms with Crippen LogP contribution in [0.25, 0.3) is 0 Å². The second-order valence-corrected chi connectivity index (χ2v) is 3.64. The zero-order chi connectivity index (χ0) is 10.3. The molecule has 0 saturated heterocycles. The van der Waals surface area contributed by atoms with Gasteiger partial charge in [-0.25, -0.2) is 8.78 Å². The highest BCUT2D eigenvalue weighted by Crippen LogP contribution is 2.09. The Kier molecular flexibility index (Phi) is 6.16. The predicted octanol–water partition coefficient (Wildman–Crippen LogP) is 2.05. The van der Waals surface area contributed by atoms with Crippen molar-refractivity contribution in [3.8, 4) is 0 Å². The topological polar surface area (TPSA) is 21.3 Å². The molecule has 0 radical (unpaired) electrons. The third kappa shape index (κ3) is 8.12. The van der Waals surface area contributed by atoms with E-state index in [-0.39, 0.29) is 0 Å². The Balaban J connectivity index is 3.54. The highest BCUT2D eigenvalue weighted by molar-refractivity contribution is 4.71. The zero-order valence-electron chi connectivity index (χ0n) is 8.57. The summed E-state index contributed by atoms with van der Waals surface area (Å²) in [6, 6.07) is 0. The summed E-state index contributed by atoms with van der Waals surface area (Å²) in [6.07, 6.45) is -1.35. The number of halogens is 2. The van der Waals surface area contributed by atoms with Crippen LogP contribution in [0.2, 0.25) is 0 Å². The predicted molar refractivity (Wildman–Crippen MR) is 49.2 cm³/mol. The van der Waals surface area contributed by atoms with Crippen LogP contribution < -0.4 is 5.32 Å². The molecule has 0 aliphatic rings. The second kappa shape index (κ2) is 6.27. The zero-order valence-corrected chi connectivity index (χ0v) is 8.57. The van der Waals surface area contributed by atoms with Crippen LogP contribution in [0, 0.1) is 0 Å². The van der Waals surface area contributed by atoms with Crippen molar-refractivity contribution < 1.29 is 13.5 Å². The molecule has 13 heavy (non-hydrogen) atoms. The monoisotopic (exact) mass is 195 g/mol. The minimum atomic E-state index is -2.38. The third-order valence-corrected chi connectivity index (χ3v) is 1.58. The first kappa shape index (κ1) is 12.8. The summed E-state index contributed by atoms with van der Waals surface area (Å²) in [5.74, 6) is 0. The molecule has 0 saturated carbocycles. The normalized spacial score (nSPS) is 12.5. The molecule has 0 aliphatic carbocycles. The average Bonchev–Trinajstić information content (AvgIpc) is 2.02. The van der Waals surface area contributed by atoms with E-state index >= 15 is 0 Å². The molecular formula is C9H19F2NO. The van der Waals surface area contributed by atoms with E-state index in [0.29, 0.717) is 6.54 Å². The van der Waals surface area contributed by atoms with Crippen molar-refractivity contribution in [2.24, 2.45) is 0 Å². The molecule has 0 aromatic carbocycles.